The van der Waals surface area contributed by atoms with Gasteiger partial charge in [0.2, 0.25) is 0 Å². The molecule has 0 spiro atoms. The van der Waals surface area contributed by atoms with E-state index in [-0.39, 0.29) is 0 Å². The van der Waals surface area contributed by atoms with Gasteiger partial charge in [-0.25, -0.2) is 9.98 Å². The Morgan fingerprint density at radius 1 is 1.21 bits per heavy atom. The Balaban J connectivity index is 2.55. The van der Waals surface area contributed by atoms with Gasteiger partial charge in [-0.2, -0.15) is 0 Å². The van der Waals surface area contributed by atoms with Crippen molar-refractivity contribution in [2.75, 3.05) is 14.2 Å². The molecule has 0 unspecified atom stereocenters. The molecule has 0 aliphatic heterocycles. The van der Waals surface area contributed by atoms with Crippen LogP contribution in [0.3, 0.4) is 0 Å². The quantitative estimate of drug-likeness (QED) is 0.854. The molecule has 1 heterocycles. The number of aromatic nitrogens is 1. The van der Waals surface area contributed by atoms with Gasteiger partial charge in [-0.05, 0) is 24.4 Å². The van der Waals surface area contributed by atoms with Crippen molar-refractivity contribution < 1.29 is 9.47 Å². The maximum atomic E-state index is 5.35. The van der Waals surface area contributed by atoms with Crippen LogP contribution in [0.1, 0.15) is 0 Å². The maximum Gasteiger partial charge on any atom is 0.156 e. The summed E-state index contributed by atoms with van der Waals surface area (Å²) in [5.41, 5.74) is 6.01. The first-order valence-electron chi connectivity index (χ1n) is 5.72. The number of nitrogens with zero attached hydrogens (tertiary/aromatic N) is 2. The van der Waals surface area contributed by atoms with Crippen LogP contribution in [-0.2, 0) is 0 Å². The fourth-order valence-corrected chi connectivity index (χ4v) is 1.69. The second-order valence-electron chi connectivity index (χ2n) is 3.73. The largest absolute Gasteiger partial charge is 0.497 e. The van der Waals surface area contributed by atoms with Crippen LogP contribution in [0, 0.1) is 0 Å². The van der Waals surface area contributed by atoms with Gasteiger partial charge in [0.1, 0.15) is 11.5 Å². The van der Waals surface area contributed by atoms with Gasteiger partial charge in [-0.1, -0.05) is 0 Å². The van der Waals surface area contributed by atoms with E-state index in [0.717, 1.165) is 22.4 Å². The van der Waals surface area contributed by atoms with Crippen LogP contribution in [0.15, 0.2) is 41.5 Å². The second kappa shape index (κ2) is 5.86. The van der Waals surface area contributed by atoms with Crippen LogP contribution < -0.4 is 15.2 Å². The molecule has 98 valence electrons. The van der Waals surface area contributed by atoms with Gasteiger partial charge in [0.25, 0.3) is 0 Å². The highest BCUT2D eigenvalue weighted by molar-refractivity contribution is 5.88. The zero-order chi connectivity index (χ0) is 13.7. The SMILES string of the molecule is COc1ccc2c(OC)cc(N=CC=CN)nc2c1. The van der Waals surface area contributed by atoms with Gasteiger partial charge in [0.15, 0.2) is 5.82 Å². The predicted octanol–water partition coefficient (Wildman–Crippen LogP) is 2.43. The first-order valence-corrected chi connectivity index (χ1v) is 5.72. The third-order valence-corrected chi connectivity index (χ3v) is 2.59. The van der Waals surface area contributed by atoms with Gasteiger partial charge in [-0.3, -0.25) is 0 Å². The lowest BCUT2D eigenvalue weighted by molar-refractivity contribution is 0.414. The van der Waals surface area contributed by atoms with Crippen molar-refractivity contribution in [3.05, 3.63) is 36.5 Å². The van der Waals surface area contributed by atoms with E-state index in [1.807, 2.05) is 18.2 Å². The molecule has 2 aromatic rings. The first kappa shape index (κ1) is 12.9. The molecule has 0 aliphatic rings. The van der Waals surface area contributed by atoms with E-state index in [4.69, 9.17) is 15.2 Å². The zero-order valence-corrected chi connectivity index (χ0v) is 10.8. The van der Waals surface area contributed by atoms with Crippen LogP contribution in [0.5, 0.6) is 11.5 Å². The number of pyridine rings is 1. The molecule has 0 amide bonds. The maximum absolute atomic E-state index is 5.35. The summed E-state index contributed by atoms with van der Waals surface area (Å²) >= 11 is 0. The highest BCUT2D eigenvalue weighted by atomic mass is 16.5. The smallest absolute Gasteiger partial charge is 0.156 e. The molecular formula is C14H15N3O2. The van der Waals surface area contributed by atoms with Crippen molar-refractivity contribution in [1.29, 1.82) is 0 Å². The van der Waals surface area contributed by atoms with E-state index in [9.17, 15) is 0 Å². The Hall–Kier alpha value is -2.56. The van der Waals surface area contributed by atoms with Crippen LogP contribution in [-0.4, -0.2) is 25.4 Å². The summed E-state index contributed by atoms with van der Waals surface area (Å²) in [4.78, 5) is 8.62. The lowest BCUT2D eigenvalue weighted by atomic mass is 10.2. The van der Waals surface area contributed by atoms with Crippen molar-refractivity contribution in [2.45, 2.75) is 0 Å². The number of rotatable bonds is 4. The van der Waals surface area contributed by atoms with Crippen LogP contribution >= 0.6 is 0 Å². The number of aliphatic imine (C=N–C) groups is 1. The number of hydrogen-bond donors (Lipinski definition) is 1. The van der Waals surface area contributed by atoms with E-state index in [0.29, 0.717) is 5.82 Å². The monoisotopic (exact) mass is 257 g/mol. The van der Waals surface area contributed by atoms with Gasteiger partial charge in [0.05, 0.1) is 19.7 Å². The summed E-state index contributed by atoms with van der Waals surface area (Å²) in [6.07, 6.45) is 4.61. The summed E-state index contributed by atoms with van der Waals surface area (Å²) in [6.45, 7) is 0. The minimum absolute atomic E-state index is 0.552. The van der Waals surface area contributed by atoms with Crippen molar-refractivity contribution >= 4 is 22.9 Å². The minimum atomic E-state index is 0.552. The van der Waals surface area contributed by atoms with Gasteiger partial charge in [-0.15, -0.1) is 0 Å². The van der Waals surface area contributed by atoms with Crippen molar-refractivity contribution in [3.63, 3.8) is 0 Å². The zero-order valence-electron chi connectivity index (χ0n) is 10.8. The molecule has 0 saturated heterocycles. The predicted molar refractivity (Wildman–Crippen MR) is 76.3 cm³/mol. The van der Waals surface area contributed by atoms with E-state index in [1.165, 1.54) is 6.20 Å². The van der Waals surface area contributed by atoms with E-state index < -0.39 is 0 Å². The Morgan fingerprint density at radius 3 is 2.74 bits per heavy atom. The second-order valence-corrected chi connectivity index (χ2v) is 3.73. The number of hydrogen-bond acceptors (Lipinski definition) is 5. The normalized spacial score (nSPS) is 11.5. The Bertz CT molecular complexity index is 636. The topological polar surface area (TPSA) is 69.7 Å². The number of methoxy groups -OCH3 is 2. The lowest BCUT2D eigenvalue weighted by Gasteiger charge is -2.07. The summed E-state index contributed by atoms with van der Waals surface area (Å²) in [6, 6.07) is 7.39. The van der Waals surface area contributed by atoms with Gasteiger partial charge < -0.3 is 15.2 Å². The third kappa shape index (κ3) is 2.82. The highest BCUT2D eigenvalue weighted by Crippen LogP contribution is 2.30. The molecule has 0 fully saturated rings. The molecule has 0 saturated carbocycles. The molecule has 2 N–H and O–H groups in total. The van der Waals surface area contributed by atoms with E-state index >= 15 is 0 Å². The molecule has 0 aliphatic carbocycles. The molecular weight excluding hydrogens is 242 g/mol. The molecule has 19 heavy (non-hydrogen) atoms. The average molecular weight is 257 g/mol. The van der Waals surface area contributed by atoms with Crippen molar-refractivity contribution in [3.8, 4) is 11.5 Å². The highest BCUT2D eigenvalue weighted by Gasteiger charge is 2.06. The number of ether oxygens (including phenoxy) is 2. The van der Waals surface area contributed by atoms with Crippen molar-refractivity contribution in [1.82, 2.24) is 4.98 Å². The van der Waals surface area contributed by atoms with Gasteiger partial charge >= 0.3 is 0 Å². The Kier molecular flexibility index (Phi) is 3.97. The summed E-state index contributed by atoms with van der Waals surface area (Å²) in [5.74, 6) is 2.01. The molecule has 5 heteroatoms. The Morgan fingerprint density at radius 2 is 2.05 bits per heavy atom. The van der Waals surface area contributed by atoms with Gasteiger partial charge in [0, 0.05) is 23.7 Å². The number of nitrogens with two attached hydrogens (primary N) is 1. The van der Waals surface area contributed by atoms with E-state index in [1.54, 1.807) is 32.6 Å². The lowest BCUT2D eigenvalue weighted by Crippen LogP contribution is -1.89. The van der Waals surface area contributed by atoms with Crippen molar-refractivity contribution in [2.24, 2.45) is 10.7 Å². The van der Waals surface area contributed by atoms with Crippen LogP contribution in [0.4, 0.5) is 5.82 Å². The van der Waals surface area contributed by atoms with Crippen LogP contribution in [0.25, 0.3) is 10.9 Å². The first-order chi connectivity index (χ1) is 9.28. The standard InChI is InChI=1S/C14H15N3O2/c1-18-10-4-5-11-12(8-10)17-14(9-13(11)19-2)16-7-3-6-15/h3-9H,15H2,1-2H3. The number of fused-ring (bicyclic) bond motifs is 1. The molecule has 0 radical (unpaired) electrons. The molecule has 1 aromatic heterocycles. The molecule has 2 rings (SSSR count). The Labute approximate surface area is 111 Å². The summed E-state index contributed by atoms with van der Waals surface area (Å²) < 4.78 is 10.5. The summed E-state index contributed by atoms with van der Waals surface area (Å²) in [5, 5.41) is 0.914. The van der Waals surface area contributed by atoms with E-state index in [2.05, 4.69) is 9.98 Å². The van der Waals surface area contributed by atoms with Crippen LogP contribution in [0.2, 0.25) is 0 Å². The average Bonchev–Trinajstić information content (AvgIpc) is 2.46. The fraction of sp³-hybridized carbons (Fsp3) is 0.143. The molecule has 0 bridgehead atoms. The number of allylic oxidation sites excluding steroid dienone is 1. The fourth-order valence-electron chi connectivity index (χ4n) is 1.69. The minimum Gasteiger partial charge on any atom is -0.497 e. The number of benzene rings is 1. The summed E-state index contributed by atoms with van der Waals surface area (Å²) in [7, 11) is 3.23. The molecule has 1 aromatic carbocycles. The molecule has 0 atom stereocenters. The third-order valence-electron chi connectivity index (χ3n) is 2.59. The molecule has 5 nitrogen and oxygen atoms in total.